The lowest BCUT2D eigenvalue weighted by molar-refractivity contribution is -0.159. The summed E-state index contributed by atoms with van der Waals surface area (Å²) in [7, 11) is 0. The van der Waals surface area contributed by atoms with Gasteiger partial charge < -0.3 is 4.74 Å². The third kappa shape index (κ3) is 4.04. The highest BCUT2D eigenvalue weighted by Crippen LogP contribution is 2.65. The average molecular weight is 566 g/mol. The number of aromatic nitrogens is 1. The second kappa shape index (κ2) is 9.26. The van der Waals surface area contributed by atoms with E-state index in [9.17, 15) is 24.0 Å². The largest absolute Gasteiger partial charge is 0.458 e. The zero-order valence-corrected chi connectivity index (χ0v) is 22.8. The monoisotopic (exact) mass is 565 g/mol. The summed E-state index contributed by atoms with van der Waals surface area (Å²) in [5.41, 5.74) is 1.07. The van der Waals surface area contributed by atoms with E-state index in [-0.39, 0.29) is 42.0 Å². The molecule has 9 nitrogen and oxygen atoms in total. The topological polar surface area (TPSA) is 123 Å². The molecule has 3 atom stereocenters. The smallest absolute Gasteiger partial charge is 0.312 e. The molecule has 202 valence electrons. The summed E-state index contributed by atoms with van der Waals surface area (Å²) in [4.78, 5) is 69.6. The molecular weight excluding hydrogens is 538 g/mol. The van der Waals surface area contributed by atoms with Gasteiger partial charge in [0.1, 0.15) is 17.7 Å². The Hall–Kier alpha value is -3.05. The first-order valence-electron chi connectivity index (χ1n) is 13.4. The molecule has 1 saturated heterocycles. The highest BCUT2D eigenvalue weighted by atomic mass is 32.2. The second-order valence-corrected chi connectivity index (χ2v) is 13.4. The van der Waals surface area contributed by atoms with Gasteiger partial charge in [-0.15, -0.1) is 23.1 Å². The molecule has 1 N–H and O–H groups in total. The summed E-state index contributed by atoms with van der Waals surface area (Å²) in [6.07, 6.45) is 5.79. The van der Waals surface area contributed by atoms with Gasteiger partial charge in [0.25, 0.3) is 11.8 Å². The standard InChI is InChI=1S/C28H27N3O6S2/c32-21-5-4-19(24(33)30-21)31-25(34)18-2-1-3-20(23(18)26(31)35)38-12-17-13-39-22(29-17)11-37-27(36)28-9-14-6-15(10-28)8-16(28)7-14/h1-3,13-16,19H,4-12H2,(H,30,32,33). The minimum atomic E-state index is -0.995. The van der Waals surface area contributed by atoms with Crippen molar-refractivity contribution in [1.82, 2.24) is 15.2 Å². The summed E-state index contributed by atoms with van der Waals surface area (Å²) in [5, 5.41) is 4.88. The Balaban J connectivity index is 0.997. The Kier molecular flexibility index (Phi) is 5.93. The summed E-state index contributed by atoms with van der Waals surface area (Å²) < 4.78 is 5.79. The van der Waals surface area contributed by atoms with Crippen LogP contribution >= 0.6 is 23.1 Å². The van der Waals surface area contributed by atoms with E-state index in [1.54, 1.807) is 18.2 Å². The molecule has 1 aromatic heterocycles. The van der Waals surface area contributed by atoms with Crippen molar-refractivity contribution in [3.05, 3.63) is 45.4 Å². The molecule has 3 heterocycles. The number of fused-ring (bicyclic) bond motifs is 1. The highest BCUT2D eigenvalue weighted by molar-refractivity contribution is 7.98. The minimum absolute atomic E-state index is 0.0491. The molecule has 5 fully saturated rings. The fourth-order valence-corrected chi connectivity index (χ4v) is 9.42. The van der Waals surface area contributed by atoms with Crippen LogP contribution in [-0.4, -0.2) is 45.5 Å². The predicted molar refractivity (Wildman–Crippen MR) is 141 cm³/mol. The van der Waals surface area contributed by atoms with Gasteiger partial charge in [0.2, 0.25) is 11.8 Å². The van der Waals surface area contributed by atoms with Crippen LogP contribution in [0.3, 0.4) is 0 Å². The van der Waals surface area contributed by atoms with Crippen molar-refractivity contribution in [2.75, 3.05) is 0 Å². The van der Waals surface area contributed by atoms with Crippen LogP contribution in [0.4, 0.5) is 0 Å². The number of hydrogen-bond acceptors (Lipinski definition) is 9. The first-order chi connectivity index (χ1) is 18.8. The molecule has 1 aromatic carbocycles. The molecular formula is C28H27N3O6S2. The molecule has 2 aromatic rings. The summed E-state index contributed by atoms with van der Waals surface area (Å²) >= 11 is 2.84. The van der Waals surface area contributed by atoms with Gasteiger partial charge in [0, 0.05) is 22.4 Å². The highest BCUT2D eigenvalue weighted by Gasteiger charge is 2.62. The molecule has 6 aliphatic rings. The molecule has 8 rings (SSSR count). The van der Waals surface area contributed by atoms with Crippen LogP contribution < -0.4 is 5.32 Å². The summed E-state index contributed by atoms with van der Waals surface area (Å²) in [6.45, 7) is 0.173. The van der Waals surface area contributed by atoms with E-state index in [0.717, 1.165) is 28.4 Å². The fourth-order valence-electron chi connectivity index (χ4n) is 7.64. The minimum Gasteiger partial charge on any atom is -0.458 e. The predicted octanol–water partition coefficient (Wildman–Crippen LogP) is 3.71. The zero-order valence-electron chi connectivity index (χ0n) is 21.1. The van der Waals surface area contributed by atoms with E-state index in [4.69, 9.17) is 4.74 Å². The summed E-state index contributed by atoms with van der Waals surface area (Å²) in [6, 6.07) is 4.09. The van der Waals surface area contributed by atoms with Crippen molar-refractivity contribution in [1.29, 1.82) is 0 Å². The van der Waals surface area contributed by atoms with Crippen molar-refractivity contribution in [2.24, 2.45) is 23.2 Å². The lowest BCUT2D eigenvalue weighted by Crippen LogP contribution is -2.54. The number of ether oxygens (including phenoxy) is 1. The SMILES string of the molecule is O=C1CCC(N2C(=O)c3cccc(SCc4csc(COC(=O)C56CC7CC(CC5C7)C6)n4)c3C2=O)C(=O)N1. The number of nitrogens with zero attached hydrogens (tertiary/aromatic N) is 2. The molecule has 39 heavy (non-hydrogen) atoms. The van der Waals surface area contributed by atoms with E-state index >= 15 is 0 Å². The maximum absolute atomic E-state index is 13.3. The number of amides is 4. The first kappa shape index (κ1) is 25.0. The molecule has 0 radical (unpaired) electrons. The molecule has 4 amide bonds. The number of benzene rings is 1. The Labute approximate surface area is 233 Å². The lowest BCUT2D eigenvalue weighted by Gasteiger charge is -2.30. The van der Waals surface area contributed by atoms with Crippen LogP contribution in [0.1, 0.15) is 76.4 Å². The Morgan fingerprint density at radius 3 is 2.69 bits per heavy atom. The Bertz CT molecular complexity index is 1420. The van der Waals surface area contributed by atoms with Gasteiger partial charge in [-0.2, -0.15) is 0 Å². The number of hydrogen-bond donors (Lipinski definition) is 1. The molecule has 4 bridgehead atoms. The normalized spacial score (nSPS) is 30.7. The molecule has 2 aliphatic heterocycles. The van der Waals surface area contributed by atoms with E-state index in [2.05, 4.69) is 10.3 Å². The molecule has 11 heteroatoms. The average Bonchev–Trinajstić information content (AvgIpc) is 3.61. The van der Waals surface area contributed by atoms with Crippen molar-refractivity contribution in [2.45, 2.75) is 68.2 Å². The van der Waals surface area contributed by atoms with Gasteiger partial charge in [-0.1, -0.05) is 6.07 Å². The molecule has 3 unspecified atom stereocenters. The van der Waals surface area contributed by atoms with E-state index in [0.29, 0.717) is 28.4 Å². The van der Waals surface area contributed by atoms with Crippen LogP contribution in [-0.2, 0) is 31.5 Å². The van der Waals surface area contributed by atoms with Crippen LogP contribution in [0.5, 0.6) is 0 Å². The molecule has 4 aliphatic carbocycles. The van der Waals surface area contributed by atoms with E-state index in [1.165, 1.54) is 42.4 Å². The van der Waals surface area contributed by atoms with Crippen LogP contribution in [0.15, 0.2) is 28.5 Å². The van der Waals surface area contributed by atoms with Crippen LogP contribution in [0.2, 0.25) is 0 Å². The van der Waals surface area contributed by atoms with Crippen LogP contribution in [0, 0.1) is 23.2 Å². The number of thioether (sulfide) groups is 1. The number of rotatable bonds is 7. The second-order valence-electron chi connectivity index (χ2n) is 11.4. The first-order valence-corrected chi connectivity index (χ1v) is 15.3. The van der Waals surface area contributed by atoms with Crippen molar-refractivity contribution in [3.63, 3.8) is 0 Å². The van der Waals surface area contributed by atoms with Gasteiger partial charge >= 0.3 is 5.97 Å². The number of thiazole rings is 1. The van der Waals surface area contributed by atoms with Crippen molar-refractivity contribution >= 4 is 52.7 Å². The van der Waals surface area contributed by atoms with Crippen LogP contribution in [0.25, 0.3) is 0 Å². The van der Waals surface area contributed by atoms with Gasteiger partial charge in [-0.25, -0.2) is 4.98 Å². The number of piperidine rings is 1. The van der Waals surface area contributed by atoms with E-state index in [1.807, 2.05) is 5.38 Å². The van der Waals surface area contributed by atoms with E-state index < -0.39 is 29.7 Å². The third-order valence-electron chi connectivity index (χ3n) is 9.13. The summed E-state index contributed by atoms with van der Waals surface area (Å²) in [5.74, 6) is 0.221. The maximum Gasteiger partial charge on any atom is 0.312 e. The van der Waals surface area contributed by atoms with Crippen molar-refractivity contribution in [3.8, 4) is 0 Å². The fraction of sp³-hybridized carbons (Fsp3) is 0.500. The number of imide groups is 2. The van der Waals surface area contributed by atoms with Crippen molar-refractivity contribution < 1.29 is 28.7 Å². The third-order valence-corrected chi connectivity index (χ3v) is 11.1. The maximum atomic E-state index is 13.3. The van der Waals surface area contributed by atoms with Gasteiger partial charge in [-0.3, -0.25) is 34.2 Å². The lowest BCUT2D eigenvalue weighted by atomic mass is 9.75. The Morgan fingerprint density at radius 2 is 1.92 bits per heavy atom. The Morgan fingerprint density at radius 1 is 1.13 bits per heavy atom. The number of esters is 1. The molecule has 0 spiro atoms. The molecule has 4 saturated carbocycles. The number of nitrogens with one attached hydrogen (secondary N) is 1. The van der Waals surface area contributed by atoms with Gasteiger partial charge in [0.05, 0.1) is 22.2 Å². The van der Waals surface area contributed by atoms with Gasteiger partial charge in [-0.05, 0) is 68.4 Å². The number of carbonyl (C=O) groups excluding carboxylic acids is 5. The quantitative estimate of drug-likeness (QED) is 0.306. The number of carbonyl (C=O) groups is 5. The zero-order chi connectivity index (χ0) is 26.9. The van der Waals surface area contributed by atoms with Gasteiger partial charge in [0.15, 0.2) is 0 Å².